The zero-order valence-electron chi connectivity index (χ0n) is 14.3. The molecule has 0 aliphatic carbocycles. The standard InChI is InChI=1S/C18H18N4O3/c1-11-16(12(2)22-18(21-11)19-10-20-22)8-9-17(24)25-15-6-4-14(5-7-15)13(3)23/h4-7,10H,8-9H2,1-3H3. The number of benzene rings is 1. The number of hydrogen-bond acceptors (Lipinski definition) is 6. The molecule has 2 aromatic heterocycles. The number of Topliss-reactive ketones (excluding diaryl/α,β-unsaturated/α-hetero) is 1. The third-order valence-electron chi connectivity index (χ3n) is 4.06. The molecule has 0 fully saturated rings. The average Bonchev–Trinajstić information content (AvgIpc) is 3.03. The van der Waals surface area contributed by atoms with Crippen LogP contribution in [-0.4, -0.2) is 31.3 Å². The number of esters is 1. The van der Waals surface area contributed by atoms with Crippen LogP contribution in [0, 0.1) is 13.8 Å². The minimum Gasteiger partial charge on any atom is -0.427 e. The van der Waals surface area contributed by atoms with Crippen molar-refractivity contribution >= 4 is 17.5 Å². The van der Waals surface area contributed by atoms with Crippen LogP contribution in [0.4, 0.5) is 0 Å². The Bertz CT molecular complexity index is 945. The second-order valence-corrected chi connectivity index (χ2v) is 5.79. The Kier molecular flexibility index (Phi) is 4.56. The van der Waals surface area contributed by atoms with E-state index in [4.69, 9.17) is 4.74 Å². The molecule has 2 heterocycles. The topological polar surface area (TPSA) is 86.5 Å². The van der Waals surface area contributed by atoms with Gasteiger partial charge in [0.25, 0.3) is 5.78 Å². The second-order valence-electron chi connectivity index (χ2n) is 5.79. The fourth-order valence-corrected chi connectivity index (χ4v) is 2.68. The number of aromatic nitrogens is 4. The molecule has 0 radical (unpaired) electrons. The zero-order valence-corrected chi connectivity index (χ0v) is 14.3. The number of aryl methyl sites for hydroxylation is 2. The van der Waals surface area contributed by atoms with Crippen molar-refractivity contribution in [3.63, 3.8) is 0 Å². The van der Waals surface area contributed by atoms with Gasteiger partial charge in [-0.3, -0.25) is 9.59 Å². The highest BCUT2D eigenvalue weighted by atomic mass is 16.5. The van der Waals surface area contributed by atoms with E-state index in [1.807, 2.05) is 13.8 Å². The maximum Gasteiger partial charge on any atom is 0.311 e. The van der Waals surface area contributed by atoms with Gasteiger partial charge >= 0.3 is 5.97 Å². The Balaban J connectivity index is 1.67. The quantitative estimate of drug-likeness (QED) is 0.403. The molecule has 7 nitrogen and oxygen atoms in total. The summed E-state index contributed by atoms with van der Waals surface area (Å²) < 4.78 is 6.98. The highest BCUT2D eigenvalue weighted by molar-refractivity contribution is 5.94. The molecule has 0 spiro atoms. The van der Waals surface area contributed by atoms with Crippen molar-refractivity contribution in [2.24, 2.45) is 0 Å². The summed E-state index contributed by atoms with van der Waals surface area (Å²) in [5.41, 5.74) is 3.29. The van der Waals surface area contributed by atoms with Gasteiger partial charge in [-0.05, 0) is 57.0 Å². The molecule has 0 aliphatic rings. The van der Waals surface area contributed by atoms with Gasteiger partial charge in [0, 0.05) is 17.0 Å². The minimum absolute atomic E-state index is 0.0279. The largest absolute Gasteiger partial charge is 0.427 e. The number of fused-ring (bicyclic) bond motifs is 1. The van der Waals surface area contributed by atoms with E-state index in [1.165, 1.54) is 13.3 Å². The van der Waals surface area contributed by atoms with Gasteiger partial charge in [0.15, 0.2) is 5.78 Å². The Hall–Kier alpha value is -3.09. The summed E-state index contributed by atoms with van der Waals surface area (Å²) in [5.74, 6) is 0.605. The van der Waals surface area contributed by atoms with Crippen LogP contribution >= 0.6 is 0 Å². The second kappa shape index (κ2) is 6.80. The van der Waals surface area contributed by atoms with Gasteiger partial charge in [-0.15, -0.1) is 0 Å². The smallest absolute Gasteiger partial charge is 0.311 e. The lowest BCUT2D eigenvalue weighted by Gasteiger charge is -2.10. The summed E-state index contributed by atoms with van der Waals surface area (Å²) >= 11 is 0. The third-order valence-corrected chi connectivity index (χ3v) is 4.06. The first-order chi connectivity index (χ1) is 12.0. The molecule has 0 aliphatic heterocycles. The highest BCUT2D eigenvalue weighted by Crippen LogP contribution is 2.17. The van der Waals surface area contributed by atoms with Crippen molar-refractivity contribution in [1.29, 1.82) is 0 Å². The van der Waals surface area contributed by atoms with Gasteiger partial charge in [-0.1, -0.05) is 0 Å². The van der Waals surface area contributed by atoms with Crippen LogP contribution in [-0.2, 0) is 11.2 Å². The number of rotatable bonds is 5. The number of hydrogen-bond donors (Lipinski definition) is 0. The van der Waals surface area contributed by atoms with Crippen LogP contribution in [0.5, 0.6) is 5.75 Å². The Morgan fingerprint density at radius 1 is 1.16 bits per heavy atom. The van der Waals surface area contributed by atoms with Gasteiger partial charge < -0.3 is 4.74 Å². The predicted molar refractivity (Wildman–Crippen MR) is 90.7 cm³/mol. The molecule has 128 valence electrons. The monoisotopic (exact) mass is 338 g/mol. The van der Waals surface area contributed by atoms with E-state index in [2.05, 4.69) is 15.1 Å². The van der Waals surface area contributed by atoms with E-state index < -0.39 is 0 Å². The summed E-state index contributed by atoms with van der Waals surface area (Å²) in [6, 6.07) is 6.52. The molecule has 0 atom stereocenters. The first-order valence-corrected chi connectivity index (χ1v) is 7.93. The molecule has 0 N–H and O–H groups in total. The molecule has 25 heavy (non-hydrogen) atoms. The van der Waals surface area contributed by atoms with Gasteiger partial charge in [0.1, 0.15) is 12.1 Å². The van der Waals surface area contributed by atoms with Gasteiger partial charge in [0.05, 0.1) is 6.42 Å². The molecule has 0 bridgehead atoms. The molecule has 1 aromatic carbocycles. The molecule has 0 saturated carbocycles. The van der Waals surface area contributed by atoms with E-state index >= 15 is 0 Å². The lowest BCUT2D eigenvalue weighted by atomic mass is 10.1. The number of nitrogens with zero attached hydrogens (tertiary/aromatic N) is 4. The number of carbonyl (C=O) groups excluding carboxylic acids is 2. The van der Waals surface area contributed by atoms with Crippen LogP contribution in [0.15, 0.2) is 30.6 Å². The SMILES string of the molecule is CC(=O)c1ccc(OC(=O)CCc2c(C)nc3ncnn3c2C)cc1. The third kappa shape index (κ3) is 3.55. The molecular formula is C18H18N4O3. The molecule has 0 saturated heterocycles. The number of ether oxygens (including phenoxy) is 1. The molecule has 3 aromatic rings. The molecule has 0 unspecified atom stereocenters. The van der Waals surface area contributed by atoms with Crippen LogP contribution in [0.25, 0.3) is 5.78 Å². The lowest BCUT2D eigenvalue weighted by Crippen LogP contribution is -2.12. The van der Waals surface area contributed by atoms with E-state index in [0.29, 0.717) is 23.5 Å². The Morgan fingerprint density at radius 2 is 1.88 bits per heavy atom. The maximum absolute atomic E-state index is 12.1. The fraction of sp³-hybridized carbons (Fsp3) is 0.278. The van der Waals surface area contributed by atoms with Crippen molar-refractivity contribution in [1.82, 2.24) is 19.6 Å². The number of ketones is 1. The normalized spacial score (nSPS) is 10.8. The summed E-state index contributed by atoms with van der Waals surface area (Å²) in [7, 11) is 0. The van der Waals surface area contributed by atoms with Gasteiger partial charge in [-0.2, -0.15) is 10.1 Å². The van der Waals surface area contributed by atoms with E-state index in [1.54, 1.807) is 28.8 Å². The summed E-state index contributed by atoms with van der Waals surface area (Å²) in [5, 5.41) is 4.14. The summed E-state index contributed by atoms with van der Waals surface area (Å²) in [6.45, 7) is 5.31. The first-order valence-electron chi connectivity index (χ1n) is 7.93. The van der Waals surface area contributed by atoms with Crippen LogP contribution in [0.3, 0.4) is 0 Å². The Labute approximate surface area is 144 Å². The lowest BCUT2D eigenvalue weighted by molar-refractivity contribution is -0.134. The van der Waals surface area contributed by atoms with Crippen molar-refractivity contribution in [3.05, 3.63) is 53.1 Å². The molecular weight excluding hydrogens is 320 g/mol. The fourth-order valence-electron chi connectivity index (χ4n) is 2.68. The molecule has 3 rings (SSSR count). The van der Waals surface area contributed by atoms with Gasteiger partial charge in [0.2, 0.25) is 0 Å². The van der Waals surface area contributed by atoms with Crippen LogP contribution < -0.4 is 4.74 Å². The van der Waals surface area contributed by atoms with Crippen molar-refractivity contribution < 1.29 is 14.3 Å². The van der Waals surface area contributed by atoms with Crippen LogP contribution in [0.2, 0.25) is 0 Å². The van der Waals surface area contributed by atoms with E-state index in [9.17, 15) is 9.59 Å². The minimum atomic E-state index is -0.340. The highest BCUT2D eigenvalue weighted by Gasteiger charge is 2.13. The Morgan fingerprint density at radius 3 is 2.56 bits per heavy atom. The zero-order chi connectivity index (χ0) is 18.0. The predicted octanol–water partition coefficient (Wildman–Crippen LogP) is 2.48. The molecule has 7 heteroatoms. The number of carbonyl (C=O) groups is 2. The van der Waals surface area contributed by atoms with Crippen LogP contribution in [0.1, 0.15) is 40.7 Å². The van der Waals surface area contributed by atoms with Crippen molar-refractivity contribution in [3.8, 4) is 5.75 Å². The van der Waals surface area contributed by atoms with E-state index in [-0.39, 0.29) is 18.2 Å². The average molecular weight is 338 g/mol. The van der Waals surface area contributed by atoms with Crippen molar-refractivity contribution in [2.75, 3.05) is 0 Å². The molecule has 0 amide bonds. The summed E-state index contributed by atoms with van der Waals surface area (Å²) in [4.78, 5) is 31.8. The maximum atomic E-state index is 12.1. The van der Waals surface area contributed by atoms with Crippen molar-refractivity contribution in [2.45, 2.75) is 33.6 Å². The van der Waals surface area contributed by atoms with E-state index in [0.717, 1.165) is 17.0 Å². The first kappa shape index (κ1) is 16.8. The van der Waals surface area contributed by atoms with Gasteiger partial charge in [-0.25, -0.2) is 9.50 Å². The summed E-state index contributed by atoms with van der Waals surface area (Å²) in [6.07, 6.45) is 2.18.